The number of benzene rings is 1. The number of anilines is 1. The van der Waals surface area contributed by atoms with Crippen LogP contribution >= 0.6 is 12.2 Å². The van der Waals surface area contributed by atoms with E-state index in [1.807, 2.05) is 53.9 Å². The number of para-hydroxylation sites is 1. The summed E-state index contributed by atoms with van der Waals surface area (Å²) < 4.78 is 3.45. The van der Waals surface area contributed by atoms with Crippen molar-refractivity contribution in [2.24, 2.45) is 7.05 Å². The lowest BCUT2D eigenvalue weighted by Crippen LogP contribution is -2.47. The molecular formula is C18H24N4O2S. The van der Waals surface area contributed by atoms with E-state index in [9.17, 15) is 9.90 Å². The molecular weight excluding hydrogens is 336 g/mol. The van der Waals surface area contributed by atoms with E-state index in [1.54, 1.807) is 4.68 Å². The number of rotatable bonds is 3. The summed E-state index contributed by atoms with van der Waals surface area (Å²) in [5.41, 5.74) is 1.97. The van der Waals surface area contributed by atoms with Crippen molar-refractivity contribution in [2.75, 3.05) is 18.5 Å². The fourth-order valence-electron chi connectivity index (χ4n) is 3.35. The summed E-state index contributed by atoms with van der Waals surface area (Å²) in [6, 6.07) is 9.55. The molecule has 0 radical (unpaired) electrons. The first-order valence-corrected chi connectivity index (χ1v) is 8.98. The van der Waals surface area contributed by atoms with Crippen LogP contribution in [0.1, 0.15) is 25.0 Å². The molecule has 1 aliphatic rings. The summed E-state index contributed by atoms with van der Waals surface area (Å²) >= 11 is 5.53. The zero-order chi connectivity index (χ0) is 18.0. The van der Waals surface area contributed by atoms with Crippen molar-refractivity contribution in [2.45, 2.75) is 32.2 Å². The van der Waals surface area contributed by atoms with Crippen LogP contribution in [0.3, 0.4) is 0 Å². The molecule has 3 rings (SSSR count). The first-order valence-electron chi connectivity index (χ1n) is 8.57. The van der Waals surface area contributed by atoms with Gasteiger partial charge in [-0.25, -0.2) is 4.68 Å². The van der Waals surface area contributed by atoms with Crippen LogP contribution in [-0.4, -0.2) is 43.7 Å². The fraction of sp³-hybridized carbons (Fsp3) is 0.444. The van der Waals surface area contributed by atoms with Crippen molar-refractivity contribution in [3.8, 4) is 5.69 Å². The Hall–Kier alpha value is -2.12. The molecule has 0 spiro atoms. The Labute approximate surface area is 152 Å². The summed E-state index contributed by atoms with van der Waals surface area (Å²) in [6.45, 7) is 2.77. The average molecular weight is 360 g/mol. The molecule has 1 aromatic carbocycles. The SMILES string of the molecule is Cc1c(NC(=S)N2CCCCC2CO)c(=O)n(-c2ccccc2)n1C. The number of aliphatic hydroxyl groups is 1. The number of likely N-dealkylation sites (tertiary alicyclic amines) is 1. The van der Waals surface area contributed by atoms with Gasteiger partial charge in [0.05, 0.1) is 24.0 Å². The maximum absolute atomic E-state index is 12.9. The molecule has 0 saturated carbocycles. The molecule has 0 aliphatic carbocycles. The number of hydrogen-bond acceptors (Lipinski definition) is 3. The second kappa shape index (κ2) is 7.41. The highest BCUT2D eigenvalue weighted by molar-refractivity contribution is 7.80. The monoisotopic (exact) mass is 360 g/mol. The number of hydrogen-bond donors (Lipinski definition) is 2. The van der Waals surface area contributed by atoms with E-state index in [-0.39, 0.29) is 18.2 Å². The van der Waals surface area contributed by atoms with Crippen LogP contribution in [0, 0.1) is 6.92 Å². The summed E-state index contributed by atoms with van der Waals surface area (Å²) in [7, 11) is 1.86. The van der Waals surface area contributed by atoms with Gasteiger partial charge in [-0.3, -0.25) is 9.48 Å². The Morgan fingerprint density at radius 1 is 1.32 bits per heavy atom. The third-order valence-electron chi connectivity index (χ3n) is 4.88. The van der Waals surface area contributed by atoms with Crippen LogP contribution in [0.4, 0.5) is 5.69 Å². The van der Waals surface area contributed by atoms with Crippen molar-refractivity contribution in [1.82, 2.24) is 14.3 Å². The van der Waals surface area contributed by atoms with Crippen LogP contribution in [-0.2, 0) is 7.05 Å². The molecule has 1 unspecified atom stereocenters. The van der Waals surface area contributed by atoms with Gasteiger partial charge in [0.2, 0.25) is 0 Å². The molecule has 1 fully saturated rings. The number of aliphatic hydroxyl groups excluding tert-OH is 1. The number of thiocarbonyl (C=S) groups is 1. The second-order valence-corrected chi connectivity index (χ2v) is 6.78. The molecule has 134 valence electrons. The van der Waals surface area contributed by atoms with E-state index in [0.717, 1.165) is 37.2 Å². The molecule has 2 aromatic rings. The third kappa shape index (κ3) is 3.34. The third-order valence-corrected chi connectivity index (χ3v) is 5.22. The zero-order valence-corrected chi connectivity index (χ0v) is 15.4. The Bertz CT molecular complexity index is 812. The smallest absolute Gasteiger partial charge is 0.295 e. The van der Waals surface area contributed by atoms with Gasteiger partial charge in [-0.15, -0.1) is 0 Å². The van der Waals surface area contributed by atoms with E-state index in [1.165, 1.54) is 0 Å². The van der Waals surface area contributed by atoms with Crippen molar-refractivity contribution >= 4 is 23.0 Å². The lowest BCUT2D eigenvalue weighted by atomic mass is 10.0. The van der Waals surface area contributed by atoms with Crippen molar-refractivity contribution in [1.29, 1.82) is 0 Å². The summed E-state index contributed by atoms with van der Waals surface area (Å²) in [5, 5.41) is 13.2. The van der Waals surface area contributed by atoms with Crippen LogP contribution in [0.25, 0.3) is 5.69 Å². The fourth-order valence-corrected chi connectivity index (χ4v) is 3.69. The predicted molar refractivity (Wildman–Crippen MR) is 103 cm³/mol. The summed E-state index contributed by atoms with van der Waals surface area (Å²) in [6.07, 6.45) is 3.05. The highest BCUT2D eigenvalue weighted by Crippen LogP contribution is 2.19. The minimum absolute atomic E-state index is 0.0223. The standard InChI is InChI=1S/C18H24N4O2S/c1-13-16(19-18(25)21-11-7-6-10-15(21)12-23)17(24)22(20(13)2)14-8-4-3-5-9-14/h3-5,8-9,15,23H,6-7,10-12H2,1-2H3,(H,19,25). The molecule has 2 N–H and O–H groups in total. The zero-order valence-electron chi connectivity index (χ0n) is 14.6. The quantitative estimate of drug-likeness (QED) is 0.820. The normalized spacial score (nSPS) is 17.6. The molecule has 0 amide bonds. The van der Waals surface area contributed by atoms with Crippen LogP contribution in [0.5, 0.6) is 0 Å². The Morgan fingerprint density at radius 3 is 2.72 bits per heavy atom. The minimum Gasteiger partial charge on any atom is -0.394 e. The Balaban J connectivity index is 1.91. The molecule has 7 heteroatoms. The van der Waals surface area contributed by atoms with Crippen LogP contribution in [0.2, 0.25) is 0 Å². The van der Waals surface area contributed by atoms with E-state index >= 15 is 0 Å². The van der Waals surface area contributed by atoms with Gasteiger partial charge < -0.3 is 15.3 Å². The van der Waals surface area contributed by atoms with Crippen LogP contribution < -0.4 is 10.9 Å². The average Bonchev–Trinajstić information content (AvgIpc) is 2.85. The number of nitrogens with one attached hydrogen (secondary N) is 1. The summed E-state index contributed by atoms with van der Waals surface area (Å²) in [5.74, 6) is 0. The first kappa shape index (κ1) is 17.7. The maximum Gasteiger partial charge on any atom is 0.295 e. The van der Waals surface area contributed by atoms with Gasteiger partial charge in [-0.05, 0) is 50.5 Å². The van der Waals surface area contributed by atoms with Gasteiger partial charge in [0.15, 0.2) is 5.11 Å². The van der Waals surface area contributed by atoms with Gasteiger partial charge in [-0.1, -0.05) is 18.2 Å². The van der Waals surface area contributed by atoms with Gasteiger partial charge >= 0.3 is 0 Å². The lowest BCUT2D eigenvalue weighted by Gasteiger charge is -2.36. The van der Waals surface area contributed by atoms with Gasteiger partial charge in [-0.2, -0.15) is 0 Å². The van der Waals surface area contributed by atoms with E-state index in [0.29, 0.717) is 10.8 Å². The second-order valence-electron chi connectivity index (χ2n) is 6.39. The highest BCUT2D eigenvalue weighted by Gasteiger charge is 2.25. The van der Waals surface area contributed by atoms with E-state index in [4.69, 9.17) is 12.2 Å². The molecule has 1 saturated heterocycles. The van der Waals surface area contributed by atoms with Crippen molar-refractivity contribution in [3.05, 3.63) is 46.4 Å². The van der Waals surface area contributed by atoms with E-state index < -0.39 is 0 Å². The number of aromatic nitrogens is 2. The molecule has 1 aliphatic heterocycles. The lowest BCUT2D eigenvalue weighted by molar-refractivity contribution is 0.149. The largest absolute Gasteiger partial charge is 0.394 e. The molecule has 6 nitrogen and oxygen atoms in total. The molecule has 1 aromatic heterocycles. The predicted octanol–water partition coefficient (Wildman–Crippen LogP) is 2.03. The Kier molecular flexibility index (Phi) is 5.24. The number of nitrogens with zero attached hydrogens (tertiary/aromatic N) is 3. The topological polar surface area (TPSA) is 62.4 Å². The Morgan fingerprint density at radius 2 is 2.04 bits per heavy atom. The minimum atomic E-state index is -0.133. The van der Waals surface area contributed by atoms with Gasteiger partial charge in [0.25, 0.3) is 5.56 Å². The molecule has 1 atom stereocenters. The van der Waals surface area contributed by atoms with E-state index in [2.05, 4.69) is 5.32 Å². The highest BCUT2D eigenvalue weighted by atomic mass is 32.1. The molecule has 25 heavy (non-hydrogen) atoms. The number of piperidine rings is 1. The van der Waals surface area contributed by atoms with Gasteiger partial charge in [0, 0.05) is 13.6 Å². The molecule has 2 heterocycles. The first-order chi connectivity index (χ1) is 12.0. The molecule has 0 bridgehead atoms. The van der Waals surface area contributed by atoms with Crippen molar-refractivity contribution < 1.29 is 5.11 Å². The van der Waals surface area contributed by atoms with Crippen molar-refractivity contribution in [3.63, 3.8) is 0 Å². The van der Waals surface area contributed by atoms with Gasteiger partial charge in [0.1, 0.15) is 5.69 Å². The summed E-state index contributed by atoms with van der Waals surface area (Å²) in [4.78, 5) is 14.9. The maximum atomic E-state index is 12.9. The van der Waals surface area contributed by atoms with Crippen LogP contribution in [0.15, 0.2) is 35.1 Å².